The third-order valence-corrected chi connectivity index (χ3v) is 11.9. The van der Waals surface area contributed by atoms with E-state index in [4.69, 9.17) is 18.9 Å². The van der Waals surface area contributed by atoms with E-state index in [9.17, 15) is 0 Å². The van der Waals surface area contributed by atoms with Gasteiger partial charge in [-0.2, -0.15) is 0 Å². The van der Waals surface area contributed by atoms with Crippen molar-refractivity contribution in [2.45, 2.75) is 108 Å². The van der Waals surface area contributed by atoms with Gasteiger partial charge in [0.05, 0.1) is 12.2 Å². The number of allylic oxidation sites excluding steroid dienone is 1. The number of likely N-dealkylation sites (tertiary alicyclic amines) is 1. The smallest absolute Gasteiger partial charge is 0.200 e. The summed E-state index contributed by atoms with van der Waals surface area (Å²) >= 11 is 3.73. The van der Waals surface area contributed by atoms with Gasteiger partial charge in [0.1, 0.15) is 17.9 Å². The van der Waals surface area contributed by atoms with Gasteiger partial charge in [-0.3, -0.25) is 4.90 Å². The van der Waals surface area contributed by atoms with E-state index >= 15 is 0 Å². The normalized spacial score (nSPS) is 29.9. The van der Waals surface area contributed by atoms with Crippen molar-refractivity contribution in [3.8, 4) is 0 Å². The van der Waals surface area contributed by atoms with Crippen molar-refractivity contribution in [2.75, 3.05) is 39.9 Å². The van der Waals surface area contributed by atoms with Crippen molar-refractivity contribution < 1.29 is 18.9 Å². The van der Waals surface area contributed by atoms with E-state index in [1.165, 1.54) is 26.5 Å². The Bertz CT molecular complexity index is 1230. The number of ether oxygens (including phenoxy) is 4. The molecule has 1 N–H and O–H groups in total. The van der Waals surface area contributed by atoms with Crippen LogP contribution < -0.4 is 5.32 Å². The van der Waals surface area contributed by atoms with Gasteiger partial charge in [0, 0.05) is 49.2 Å². The number of nitrogens with zero attached hydrogens (tertiary/aromatic N) is 1. The van der Waals surface area contributed by atoms with E-state index in [1.807, 2.05) is 29.8 Å². The van der Waals surface area contributed by atoms with Crippen LogP contribution >= 0.6 is 22.7 Å². The maximum atomic E-state index is 7.42. The van der Waals surface area contributed by atoms with E-state index in [0.29, 0.717) is 5.92 Å². The molecule has 2 saturated heterocycles. The van der Waals surface area contributed by atoms with Gasteiger partial charge >= 0.3 is 0 Å². The molecule has 4 unspecified atom stereocenters. The van der Waals surface area contributed by atoms with Gasteiger partial charge in [0.15, 0.2) is 5.79 Å². The molecule has 6 rings (SSSR count). The number of piperidine rings is 2. The monoisotopic (exact) mass is 614 g/mol. The highest BCUT2D eigenvalue weighted by Gasteiger charge is 2.55. The first-order valence-electron chi connectivity index (χ1n) is 16.0. The molecular weight excluding hydrogens is 565 g/mol. The molecule has 2 aromatic heterocycles. The zero-order chi connectivity index (χ0) is 29.4. The van der Waals surface area contributed by atoms with Crippen molar-refractivity contribution in [3.05, 3.63) is 55.4 Å². The standard InChI is InChI=1S/C34H50N2O4S2/c1-24(2)6-7-30(34(37-5)22-29-27(11-21-42-29)32(40-34)12-15-35-16-13-32)39-31-23-33(14-18-36(31)17-8-25(3)4)26-10-20-41-28(26)9-19-38-33/h8,10-11,20-21,24,30-31,35H,6-7,9,12-19,22-23H2,1-5H3. The maximum absolute atomic E-state index is 7.42. The molecule has 6 nitrogen and oxygen atoms in total. The highest BCUT2D eigenvalue weighted by atomic mass is 32.1. The molecule has 42 heavy (non-hydrogen) atoms. The zero-order valence-corrected chi connectivity index (χ0v) is 27.8. The van der Waals surface area contributed by atoms with E-state index in [2.05, 4.69) is 66.9 Å². The maximum Gasteiger partial charge on any atom is 0.200 e. The van der Waals surface area contributed by atoms with E-state index in [1.54, 1.807) is 0 Å². The summed E-state index contributed by atoms with van der Waals surface area (Å²) in [6, 6.07) is 4.60. The minimum Gasteiger partial charge on any atom is -0.370 e. The quantitative estimate of drug-likeness (QED) is 0.308. The lowest BCUT2D eigenvalue weighted by Gasteiger charge is -2.53. The van der Waals surface area contributed by atoms with E-state index in [-0.39, 0.29) is 23.5 Å². The summed E-state index contributed by atoms with van der Waals surface area (Å²) in [4.78, 5) is 5.40. The fraction of sp³-hybridized carbons (Fsp3) is 0.706. The number of methoxy groups -OCH3 is 1. The fourth-order valence-corrected chi connectivity index (χ4v) is 9.56. The Morgan fingerprint density at radius 1 is 1.07 bits per heavy atom. The van der Waals surface area contributed by atoms with Crippen molar-refractivity contribution >= 4 is 22.7 Å². The zero-order valence-electron chi connectivity index (χ0n) is 26.2. The summed E-state index contributed by atoms with van der Waals surface area (Å²) in [6.07, 6.45) is 9.45. The van der Waals surface area contributed by atoms with Gasteiger partial charge < -0.3 is 24.3 Å². The van der Waals surface area contributed by atoms with Crippen LogP contribution in [0.25, 0.3) is 0 Å². The topological polar surface area (TPSA) is 52.2 Å². The lowest BCUT2D eigenvalue weighted by Crippen LogP contribution is -2.61. The summed E-state index contributed by atoms with van der Waals surface area (Å²) in [5.74, 6) is -0.272. The van der Waals surface area contributed by atoms with Gasteiger partial charge in [-0.25, -0.2) is 0 Å². The molecule has 0 aromatic carbocycles. The van der Waals surface area contributed by atoms with Crippen molar-refractivity contribution in [3.63, 3.8) is 0 Å². The van der Waals surface area contributed by atoms with Crippen LogP contribution in [0.1, 0.15) is 87.1 Å². The first-order valence-corrected chi connectivity index (χ1v) is 17.8. The second-order valence-electron chi connectivity index (χ2n) is 13.4. The molecule has 2 spiro atoms. The molecule has 0 amide bonds. The molecule has 4 aliphatic rings. The van der Waals surface area contributed by atoms with Crippen LogP contribution in [0.3, 0.4) is 0 Å². The molecule has 4 atom stereocenters. The lowest BCUT2D eigenvalue weighted by molar-refractivity contribution is -0.352. The summed E-state index contributed by atoms with van der Waals surface area (Å²) in [6.45, 7) is 13.5. The largest absolute Gasteiger partial charge is 0.370 e. The van der Waals surface area contributed by atoms with Crippen LogP contribution in [0.4, 0.5) is 0 Å². The average molecular weight is 615 g/mol. The predicted molar refractivity (Wildman–Crippen MR) is 171 cm³/mol. The molecule has 0 bridgehead atoms. The molecule has 2 fully saturated rings. The Hall–Kier alpha value is -1.10. The molecule has 8 heteroatoms. The molecule has 0 aliphatic carbocycles. The van der Waals surface area contributed by atoms with E-state index < -0.39 is 5.79 Å². The predicted octanol–water partition coefficient (Wildman–Crippen LogP) is 6.98. The average Bonchev–Trinajstić information content (AvgIpc) is 3.66. The minimum absolute atomic E-state index is 0.0957. The Morgan fingerprint density at radius 3 is 2.52 bits per heavy atom. The number of fused-ring (bicyclic) bond motifs is 4. The first-order chi connectivity index (χ1) is 20.3. The molecule has 0 saturated carbocycles. The van der Waals surface area contributed by atoms with Gasteiger partial charge in [0.25, 0.3) is 0 Å². The number of hydrogen-bond acceptors (Lipinski definition) is 8. The summed E-state index contributed by atoms with van der Waals surface area (Å²) in [5, 5.41) is 8.03. The van der Waals surface area contributed by atoms with Crippen molar-refractivity contribution in [1.82, 2.24) is 10.2 Å². The third kappa shape index (κ3) is 5.95. The van der Waals surface area contributed by atoms with Crippen LogP contribution in [0.15, 0.2) is 34.5 Å². The molecule has 0 radical (unpaired) electrons. The first kappa shape index (κ1) is 30.9. The molecule has 4 aliphatic heterocycles. The second-order valence-corrected chi connectivity index (χ2v) is 15.4. The Kier molecular flexibility index (Phi) is 9.36. The number of rotatable bonds is 9. The highest BCUT2D eigenvalue weighted by Crippen LogP contribution is 2.51. The van der Waals surface area contributed by atoms with Gasteiger partial charge in [-0.05, 0) is 99.0 Å². The Labute approximate surface area is 260 Å². The van der Waals surface area contributed by atoms with Crippen LogP contribution in [0.2, 0.25) is 0 Å². The minimum atomic E-state index is -0.835. The van der Waals surface area contributed by atoms with Gasteiger partial charge in [-0.15, -0.1) is 22.7 Å². The molecular formula is C34H50N2O4S2. The lowest BCUT2D eigenvalue weighted by atomic mass is 9.79. The van der Waals surface area contributed by atoms with Gasteiger partial charge in [0.2, 0.25) is 0 Å². The van der Waals surface area contributed by atoms with Crippen LogP contribution in [-0.4, -0.2) is 62.9 Å². The van der Waals surface area contributed by atoms with Crippen LogP contribution in [0.5, 0.6) is 0 Å². The highest BCUT2D eigenvalue weighted by molar-refractivity contribution is 7.10. The van der Waals surface area contributed by atoms with E-state index in [0.717, 1.165) is 84.2 Å². The van der Waals surface area contributed by atoms with Crippen molar-refractivity contribution in [1.29, 1.82) is 0 Å². The summed E-state index contributed by atoms with van der Waals surface area (Å²) in [5.41, 5.74) is 3.48. The number of hydrogen-bond donors (Lipinski definition) is 1. The number of thiophene rings is 2. The molecule has 232 valence electrons. The summed E-state index contributed by atoms with van der Waals surface area (Å²) in [7, 11) is 1.84. The van der Waals surface area contributed by atoms with Crippen molar-refractivity contribution in [2.24, 2.45) is 5.92 Å². The third-order valence-electron chi connectivity index (χ3n) is 9.98. The fourth-order valence-electron chi connectivity index (χ4n) is 7.58. The SMILES string of the molecule is COC1(C(CCC(C)C)OC2CC3(CCN2CC=C(C)C)OCCc2sccc23)Cc2sccc2C2(CCNCC2)O1. The molecule has 2 aromatic rings. The Morgan fingerprint density at radius 2 is 1.81 bits per heavy atom. The summed E-state index contributed by atoms with van der Waals surface area (Å²) < 4.78 is 28.0. The molecule has 6 heterocycles. The van der Waals surface area contributed by atoms with Crippen LogP contribution in [-0.2, 0) is 43.0 Å². The van der Waals surface area contributed by atoms with Crippen LogP contribution in [0, 0.1) is 5.92 Å². The second kappa shape index (κ2) is 12.7. The van der Waals surface area contributed by atoms with Gasteiger partial charge in [-0.1, -0.05) is 25.5 Å². The number of nitrogens with one attached hydrogen (secondary N) is 1. The Balaban J connectivity index is 1.36.